The molecule has 0 N–H and O–H groups in total. The molecule has 170 valence electrons. The minimum absolute atomic E-state index is 0.340. The van der Waals surface area contributed by atoms with Gasteiger partial charge in [-0.1, -0.05) is 0 Å². The van der Waals surface area contributed by atoms with Gasteiger partial charge in [-0.3, -0.25) is 19.0 Å². The lowest BCUT2D eigenvalue weighted by Gasteiger charge is -2.24. The number of hydrogen-bond acceptors (Lipinski definition) is 12. The van der Waals surface area contributed by atoms with Crippen molar-refractivity contribution < 1.29 is 52.4 Å². The summed E-state index contributed by atoms with van der Waals surface area (Å²) in [5.41, 5.74) is -0.710. The molecule has 1 aromatic rings. The first kappa shape index (κ1) is 23.8. The van der Waals surface area contributed by atoms with Crippen molar-refractivity contribution in [2.45, 2.75) is 45.3 Å². The predicted octanol–water partition coefficient (Wildman–Crippen LogP) is -0.220. The summed E-state index contributed by atoms with van der Waals surface area (Å²) in [6.45, 7) is 3.09. The van der Waals surface area contributed by atoms with Crippen molar-refractivity contribution in [2.24, 2.45) is 0 Å². The molecule has 1 saturated heterocycles. The Kier molecular flexibility index (Phi) is 7.69. The number of carbonyl (C=O) groups is 5. The van der Waals surface area contributed by atoms with Crippen LogP contribution >= 0.6 is 0 Å². The summed E-state index contributed by atoms with van der Waals surface area (Å²) in [6, 6.07) is 0. The molecule has 1 aliphatic heterocycles. The Bertz CT molecular complexity index is 878. The van der Waals surface area contributed by atoms with E-state index in [0.717, 1.165) is 39.0 Å². The van der Waals surface area contributed by atoms with Crippen LogP contribution < -0.4 is 0 Å². The maximum atomic E-state index is 12.4. The molecule has 1 aromatic heterocycles. The molecule has 0 aliphatic carbocycles. The number of rotatable bonds is 7. The van der Waals surface area contributed by atoms with Gasteiger partial charge in [0.2, 0.25) is 0 Å². The molecule has 13 nitrogen and oxygen atoms in total. The largest absolute Gasteiger partial charge is 0.464 e. The van der Waals surface area contributed by atoms with Crippen LogP contribution in [0.25, 0.3) is 0 Å². The molecular weight excluding hydrogens is 420 g/mol. The Labute approximate surface area is 176 Å². The summed E-state index contributed by atoms with van der Waals surface area (Å²) >= 11 is 0. The highest BCUT2D eigenvalue weighted by atomic mass is 16.7. The molecule has 2 rings (SSSR count). The van der Waals surface area contributed by atoms with Gasteiger partial charge in [0.15, 0.2) is 29.8 Å². The molecule has 4 atom stereocenters. The van der Waals surface area contributed by atoms with E-state index in [0.29, 0.717) is 0 Å². The van der Waals surface area contributed by atoms with Crippen LogP contribution in [0.3, 0.4) is 0 Å². The molecule has 0 aromatic carbocycles. The van der Waals surface area contributed by atoms with Crippen molar-refractivity contribution in [1.29, 1.82) is 0 Å². The van der Waals surface area contributed by atoms with Gasteiger partial charge in [0.1, 0.15) is 12.7 Å². The fraction of sp³-hybridized carbons (Fsp3) is 0.556. The summed E-state index contributed by atoms with van der Waals surface area (Å²) in [5.74, 6) is -3.95. The van der Waals surface area contributed by atoms with Gasteiger partial charge in [0.25, 0.3) is 0 Å². The predicted molar refractivity (Wildman–Crippen MR) is 96.6 cm³/mol. The van der Waals surface area contributed by atoms with Gasteiger partial charge in [-0.25, -0.2) is 14.6 Å². The highest BCUT2D eigenvalue weighted by Gasteiger charge is 2.51. The number of methoxy groups -OCH3 is 2. The van der Waals surface area contributed by atoms with Crippen LogP contribution in [0.15, 0.2) is 6.33 Å². The van der Waals surface area contributed by atoms with E-state index in [9.17, 15) is 24.0 Å². The summed E-state index contributed by atoms with van der Waals surface area (Å²) in [6.07, 6.45) is -3.73. The second kappa shape index (κ2) is 10.0. The van der Waals surface area contributed by atoms with Crippen molar-refractivity contribution in [3.63, 3.8) is 0 Å². The van der Waals surface area contributed by atoms with E-state index in [1.807, 2.05) is 0 Å². The molecule has 1 fully saturated rings. The third kappa shape index (κ3) is 5.36. The van der Waals surface area contributed by atoms with Crippen LogP contribution in [0.2, 0.25) is 0 Å². The molecule has 0 unspecified atom stereocenters. The number of imidazole rings is 1. The highest BCUT2D eigenvalue weighted by Crippen LogP contribution is 2.36. The van der Waals surface area contributed by atoms with Crippen molar-refractivity contribution in [2.75, 3.05) is 20.8 Å². The Morgan fingerprint density at radius 1 is 0.935 bits per heavy atom. The molecule has 0 saturated carbocycles. The van der Waals surface area contributed by atoms with E-state index in [1.165, 1.54) is 6.92 Å². The van der Waals surface area contributed by atoms with Crippen LogP contribution in [0.4, 0.5) is 0 Å². The van der Waals surface area contributed by atoms with Crippen molar-refractivity contribution in [3.8, 4) is 0 Å². The van der Waals surface area contributed by atoms with E-state index >= 15 is 0 Å². The molecule has 31 heavy (non-hydrogen) atoms. The van der Waals surface area contributed by atoms with Gasteiger partial charge in [-0.2, -0.15) is 0 Å². The minimum atomic E-state index is -1.28. The van der Waals surface area contributed by atoms with E-state index < -0.39 is 54.4 Å². The van der Waals surface area contributed by atoms with Gasteiger partial charge in [0, 0.05) is 20.8 Å². The summed E-state index contributed by atoms with van der Waals surface area (Å²) in [7, 11) is 2.19. The quantitative estimate of drug-likeness (QED) is 0.404. The number of ether oxygens (including phenoxy) is 6. The second-order valence-electron chi connectivity index (χ2n) is 6.35. The van der Waals surface area contributed by atoms with Gasteiger partial charge >= 0.3 is 29.8 Å². The maximum Gasteiger partial charge on any atom is 0.359 e. The van der Waals surface area contributed by atoms with Gasteiger partial charge in [-0.05, 0) is 0 Å². The topological polar surface area (TPSA) is 159 Å². The molecule has 2 heterocycles. The summed E-state index contributed by atoms with van der Waals surface area (Å²) in [4.78, 5) is 62.9. The van der Waals surface area contributed by atoms with E-state index in [-0.39, 0.29) is 18.0 Å². The van der Waals surface area contributed by atoms with Crippen molar-refractivity contribution >= 4 is 29.8 Å². The van der Waals surface area contributed by atoms with Crippen molar-refractivity contribution in [3.05, 3.63) is 17.7 Å². The van der Waals surface area contributed by atoms with Crippen LogP contribution in [0, 0.1) is 0 Å². The highest BCUT2D eigenvalue weighted by molar-refractivity contribution is 6.00. The van der Waals surface area contributed by atoms with Gasteiger partial charge < -0.3 is 28.4 Å². The number of carbonyl (C=O) groups excluding carboxylic acids is 5. The number of esters is 5. The third-order valence-electron chi connectivity index (χ3n) is 4.17. The molecule has 13 heteroatoms. The SMILES string of the molecule is COC(=O)c1ncn([C@H]2O[C@@H](COC(C)=O)[C@H](OC(C)=O)[C@@H]2OC(C)=O)c1C(=O)OC. The van der Waals surface area contributed by atoms with E-state index in [2.05, 4.69) is 9.72 Å². The van der Waals surface area contributed by atoms with E-state index in [1.54, 1.807) is 0 Å². The lowest BCUT2D eigenvalue weighted by atomic mass is 10.1. The van der Waals surface area contributed by atoms with Gasteiger partial charge in [-0.15, -0.1) is 0 Å². The lowest BCUT2D eigenvalue weighted by molar-refractivity contribution is -0.166. The normalized spacial score (nSPS) is 22.4. The number of aromatic nitrogens is 2. The zero-order valence-electron chi connectivity index (χ0n) is 17.5. The fourth-order valence-corrected chi connectivity index (χ4v) is 3.02. The smallest absolute Gasteiger partial charge is 0.359 e. The van der Waals surface area contributed by atoms with Crippen LogP contribution in [0.5, 0.6) is 0 Å². The van der Waals surface area contributed by atoms with Crippen LogP contribution in [-0.2, 0) is 42.8 Å². The van der Waals surface area contributed by atoms with Crippen LogP contribution in [0.1, 0.15) is 48.0 Å². The fourth-order valence-electron chi connectivity index (χ4n) is 3.02. The average Bonchev–Trinajstić information content (AvgIpc) is 3.26. The molecule has 0 spiro atoms. The van der Waals surface area contributed by atoms with E-state index in [4.69, 9.17) is 23.7 Å². The number of nitrogens with zero attached hydrogens (tertiary/aromatic N) is 2. The Balaban J connectivity index is 2.55. The first-order valence-electron chi connectivity index (χ1n) is 8.97. The molecule has 1 aliphatic rings. The zero-order chi connectivity index (χ0) is 23.3. The Hall–Kier alpha value is -3.48. The molecule has 0 amide bonds. The maximum absolute atomic E-state index is 12.4. The van der Waals surface area contributed by atoms with Gasteiger partial charge in [0.05, 0.1) is 20.5 Å². The summed E-state index contributed by atoms with van der Waals surface area (Å²) in [5, 5.41) is 0. The monoisotopic (exact) mass is 442 g/mol. The first-order valence-corrected chi connectivity index (χ1v) is 8.97. The van der Waals surface area contributed by atoms with Crippen LogP contribution in [-0.4, -0.2) is 78.5 Å². The molecule has 0 bridgehead atoms. The number of hydrogen-bond donors (Lipinski definition) is 0. The Morgan fingerprint density at radius 2 is 1.52 bits per heavy atom. The molecular formula is C18H22N2O11. The second-order valence-corrected chi connectivity index (χ2v) is 6.35. The summed E-state index contributed by atoms with van der Waals surface area (Å²) < 4.78 is 31.7. The first-order chi connectivity index (χ1) is 14.6. The lowest BCUT2D eigenvalue weighted by Crippen LogP contribution is -2.40. The average molecular weight is 442 g/mol. The Morgan fingerprint density at radius 3 is 2.03 bits per heavy atom. The third-order valence-corrected chi connectivity index (χ3v) is 4.17. The van der Waals surface area contributed by atoms with Crippen molar-refractivity contribution in [1.82, 2.24) is 9.55 Å². The minimum Gasteiger partial charge on any atom is -0.464 e. The standard InChI is InChI=1S/C18H22N2O11/c1-8(21)28-6-11-14(29-9(2)22)15(30-10(3)23)16(31-11)20-7-19-12(17(24)26-4)13(20)18(25)27-5/h7,11,14-16H,6H2,1-5H3/t11-,14-,15-,16-/m0/s1. The molecule has 0 radical (unpaired) electrons. The zero-order valence-corrected chi connectivity index (χ0v) is 17.5.